The lowest BCUT2D eigenvalue weighted by molar-refractivity contribution is 0.108. The summed E-state index contributed by atoms with van der Waals surface area (Å²) in [6.45, 7) is 5.50. The molecule has 2 heterocycles. The van der Waals surface area contributed by atoms with Crippen LogP contribution in [0.3, 0.4) is 0 Å². The number of aliphatic imine (C=N–C) groups is 1. The molecule has 0 bridgehead atoms. The highest BCUT2D eigenvalue weighted by Gasteiger charge is 2.45. The van der Waals surface area contributed by atoms with E-state index in [9.17, 15) is 9.90 Å². The van der Waals surface area contributed by atoms with Gasteiger partial charge in [-0.3, -0.25) is 14.8 Å². The number of carbonyl (C=O) groups is 1. The standard InChI is InChI=1S/C31H34Cl2N4O4/c1-3-41-27-20-25(40-2)12-13-26(27)30-34-28(21-4-8-23(32)9-5-21)29(22-6-10-24(33)11-7-22)37(30)31(39)36-16-14-35(15-17-36)18-19-38/h4-13,20,28-29,38H,3,14-19H2,1-2H3. The number of carbonyl (C=O) groups excluding carboxylic acids is 1. The van der Waals surface area contributed by atoms with E-state index in [1.165, 1.54) is 0 Å². The molecule has 0 saturated carbocycles. The zero-order valence-corrected chi connectivity index (χ0v) is 24.7. The average molecular weight is 598 g/mol. The van der Waals surface area contributed by atoms with Crippen molar-refractivity contribution in [3.05, 3.63) is 93.5 Å². The van der Waals surface area contributed by atoms with Gasteiger partial charge in [0.15, 0.2) is 0 Å². The smallest absolute Gasteiger partial charge is 0.326 e. The van der Waals surface area contributed by atoms with Crippen LogP contribution in [-0.2, 0) is 0 Å². The molecule has 2 amide bonds. The van der Waals surface area contributed by atoms with Gasteiger partial charge in [0.25, 0.3) is 0 Å². The zero-order valence-electron chi connectivity index (χ0n) is 23.2. The fourth-order valence-corrected chi connectivity index (χ4v) is 5.65. The van der Waals surface area contributed by atoms with Gasteiger partial charge in [0.1, 0.15) is 23.4 Å². The number of hydrogen-bond donors (Lipinski definition) is 1. The molecule has 0 spiro atoms. The Hall–Kier alpha value is -3.30. The summed E-state index contributed by atoms with van der Waals surface area (Å²) in [6.07, 6.45) is 0. The predicted octanol–water partition coefficient (Wildman–Crippen LogP) is 5.68. The quantitative estimate of drug-likeness (QED) is 0.362. The van der Waals surface area contributed by atoms with Crippen molar-refractivity contribution in [2.75, 3.05) is 53.0 Å². The molecule has 0 aliphatic carbocycles. The molecular weight excluding hydrogens is 563 g/mol. The summed E-state index contributed by atoms with van der Waals surface area (Å²) in [4.78, 5) is 25.6. The third kappa shape index (κ3) is 6.31. The van der Waals surface area contributed by atoms with Gasteiger partial charge in [-0.15, -0.1) is 0 Å². The third-order valence-corrected chi connectivity index (χ3v) is 7.99. The summed E-state index contributed by atoms with van der Waals surface area (Å²) in [5.41, 5.74) is 2.54. The second kappa shape index (κ2) is 13.1. The van der Waals surface area contributed by atoms with Crippen molar-refractivity contribution in [1.29, 1.82) is 0 Å². The normalized spacial score (nSPS) is 19.3. The first-order chi connectivity index (χ1) is 19.9. The number of amidine groups is 1. The van der Waals surface area contributed by atoms with Crippen molar-refractivity contribution < 1.29 is 19.4 Å². The molecule has 1 saturated heterocycles. The Balaban J connectivity index is 1.64. The minimum atomic E-state index is -0.442. The number of rotatable bonds is 8. The largest absolute Gasteiger partial charge is 0.497 e. The third-order valence-electron chi connectivity index (χ3n) is 7.48. The number of aliphatic hydroxyl groups excluding tert-OH is 1. The van der Waals surface area contributed by atoms with Gasteiger partial charge in [-0.05, 0) is 54.4 Å². The lowest BCUT2D eigenvalue weighted by Crippen LogP contribution is -2.54. The topological polar surface area (TPSA) is 77.8 Å². The maximum absolute atomic E-state index is 14.5. The lowest BCUT2D eigenvalue weighted by atomic mass is 9.93. The molecule has 2 atom stereocenters. The van der Waals surface area contributed by atoms with Gasteiger partial charge in [0.05, 0.1) is 31.9 Å². The van der Waals surface area contributed by atoms with Crippen LogP contribution < -0.4 is 9.47 Å². The Morgan fingerprint density at radius 3 is 2.17 bits per heavy atom. The van der Waals surface area contributed by atoms with E-state index in [2.05, 4.69) is 4.90 Å². The number of benzene rings is 3. The summed E-state index contributed by atoms with van der Waals surface area (Å²) in [6, 6.07) is 19.8. The van der Waals surface area contributed by atoms with Crippen molar-refractivity contribution in [3.8, 4) is 11.5 Å². The number of nitrogens with zero attached hydrogens (tertiary/aromatic N) is 4. The number of methoxy groups -OCH3 is 1. The molecule has 1 fully saturated rings. The summed E-state index contributed by atoms with van der Waals surface area (Å²) >= 11 is 12.5. The summed E-state index contributed by atoms with van der Waals surface area (Å²) < 4.78 is 11.5. The number of aliphatic hydroxyl groups is 1. The molecule has 8 nitrogen and oxygen atoms in total. The van der Waals surface area contributed by atoms with Crippen molar-refractivity contribution >= 4 is 35.1 Å². The van der Waals surface area contributed by atoms with Gasteiger partial charge >= 0.3 is 6.03 Å². The number of piperazine rings is 1. The number of amides is 2. The maximum atomic E-state index is 14.5. The first kappa shape index (κ1) is 29.2. The molecule has 3 aromatic carbocycles. The second-order valence-electron chi connectivity index (χ2n) is 9.95. The molecule has 10 heteroatoms. The first-order valence-electron chi connectivity index (χ1n) is 13.7. The van der Waals surface area contributed by atoms with Gasteiger partial charge in [0.2, 0.25) is 0 Å². The van der Waals surface area contributed by atoms with Crippen LogP contribution in [0.5, 0.6) is 11.5 Å². The van der Waals surface area contributed by atoms with Crippen molar-refractivity contribution in [2.45, 2.75) is 19.0 Å². The fourth-order valence-electron chi connectivity index (χ4n) is 5.40. The van der Waals surface area contributed by atoms with E-state index in [1.54, 1.807) is 12.0 Å². The number of ether oxygens (including phenoxy) is 2. The number of urea groups is 1. The van der Waals surface area contributed by atoms with E-state index in [0.717, 1.165) is 11.1 Å². The Kier molecular flexibility index (Phi) is 9.35. The molecule has 1 N–H and O–H groups in total. The van der Waals surface area contributed by atoms with E-state index < -0.39 is 12.1 Å². The van der Waals surface area contributed by atoms with Crippen LogP contribution in [0.25, 0.3) is 0 Å². The van der Waals surface area contributed by atoms with Gasteiger partial charge in [-0.25, -0.2) is 4.79 Å². The minimum Gasteiger partial charge on any atom is -0.497 e. The van der Waals surface area contributed by atoms with Crippen LogP contribution in [0.2, 0.25) is 10.0 Å². The monoisotopic (exact) mass is 596 g/mol. The van der Waals surface area contributed by atoms with E-state index in [4.69, 9.17) is 37.7 Å². The first-order valence-corrected chi connectivity index (χ1v) is 14.5. The van der Waals surface area contributed by atoms with E-state index in [-0.39, 0.29) is 12.6 Å². The Labute approximate surface area is 250 Å². The van der Waals surface area contributed by atoms with Gasteiger partial charge in [-0.1, -0.05) is 47.5 Å². The van der Waals surface area contributed by atoms with E-state index in [1.807, 2.05) is 78.6 Å². The highest BCUT2D eigenvalue weighted by molar-refractivity contribution is 6.30. The Bertz CT molecular complexity index is 1380. The SMILES string of the molecule is CCOc1cc(OC)ccc1C1=NC(c2ccc(Cl)cc2)C(c2ccc(Cl)cc2)N1C(=O)N1CCN(CCO)CC1. The molecule has 3 aromatic rings. The van der Waals surface area contributed by atoms with Crippen LogP contribution in [0.15, 0.2) is 71.7 Å². The molecule has 0 radical (unpaired) electrons. The molecule has 2 aliphatic heterocycles. The molecule has 5 rings (SSSR count). The number of hydrogen-bond acceptors (Lipinski definition) is 6. The number of halogens is 2. The van der Waals surface area contributed by atoms with Crippen LogP contribution in [0.1, 0.15) is 35.7 Å². The Morgan fingerprint density at radius 1 is 0.951 bits per heavy atom. The minimum absolute atomic E-state index is 0.0932. The highest BCUT2D eigenvalue weighted by atomic mass is 35.5. The lowest BCUT2D eigenvalue weighted by Gasteiger charge is -2.39. The maximum Gasteiger partial charge on any atom is 0.326 e. The van der Waals surface area contributed by atoms with Crippen LogP contribution in [0, 0.1) is 0 Å². The van der Waals surface area contributed by atoms with Crippen molar-refractivity contribution in [1.82, 2.24) is 14.7 Å². The van der Waals surface area contributed by atoms with Crippen LogP contribution >= 0.6 is 23.2 Å². The van der Waals surface area contributed by atoms with E-state index in [0.29, 0.717) is 72.3 Å². The van der Waals surface area contributed by atoms with Gasteiger partial charge in [0, 0.05) is 48.8 Å². The summed E-state index contributed by atoms with van der Waals surface area (Å²) in [7, 11) is 1.61. The molecular formula is C31H34Cl2N4O4. The van der Waals surface area contributed by atoms with E-state index >= 15 is 0 Å². The highest BCUT2D eigenvalue weighted by Crippen LogP contribution is 2.45. The Morgan fingerprint density at radius 2 is 1.59 bits per heavy atom. The fraction of sp³-hybridized carbons (Fsp3) is 0.355. The van der Waals surface area contributed by atoms with Crippen molar-refractivity contribution in [3.63, 3.8) is 0 Å². The summed E-state index contributed by atoms with van der Waals surface area (Å²) in [5, 5.41) is 10.6. The molecule has 216 valence electrons. The van der Waals surface area contributed by atoms with Crippen molar-refractivity contribution in [2.24, 2.45) is 4.99 Å². The predicted molar refractivity (Wildman–Crippen MR) is 161 cm³/mol. The van der Waals surface area contributed by atoms with Gasteiger partial charge in [-0.2, -0.15) is 0 Å². The van der Waals surface area contributed by atoms with Crippen LogP contribution in [-0.4, -0.2) is 84.7 Å². The molecule has 41 heavy (non-hydrogen) atoms. The van der Waals surface area contributed by atoms with Crippen LogP contribution in [0.4, 0.5) is 4.79 Å². The number of β-amino-alcohol motifs (C(OH)–C–C–N with tert-alkyl or cyclic N) is 1. The molecule has 2 aliphatic rings. The molecule has 2 unspecified atom stereocenters. The summed E-state index contributed by atoms with van der Waals surface area (Å²) in [5.74, 6) is 1.76. The molecule has 0 aromatic heterocycles. The second-order valence-corrected chi connectivity index (χ2v) is 10.8. The van der Waals surface area contributed by atoms with Gasteiger partial charge < -0.3 is 19.5 Å². The average Bonchev–Trinajstić information content (AvgIpc) is 3.38. The zero-order chi connectivity index (χ0) is 28.9.